The monoisotopic (exact) mass is 269 g/mol. The van der Waals surface area contributed by atoms with E-state index in [0.717, 1.165) is 0 Å². The first-order chi connectivity index (χ1) is 7.07. The van der Waals surface area contributed by atoms with E-state index in [0.29, 0.717) is 12.3 Å². The lowest BCUT2D eigenvalue weighted by atomic mass is 10.0. The number of hydrogen-bond acceptors (Lipinski definition) is 2. The van der Waals surface area contributed by atoms with E-state index in [2.05, 4.69) is 4.72 Å². The summed E-state index contributed by atoms with van der Waals surface area (Å²) in [5, 5.41) is 0. The summed E-state index contributed by atoms with van der Waals surface area (Å²) in [7, 11) is -3.21. The molecule has 0 aromatic heterocycles. The van der Waals surface area contributed by atoms with Gasteiger partial charge in [0.15, 0.2) is 0 Å². The molecule has 1 atom stereocenters. The van der Waals surface area contributed by atoms with Gasteiger partial charge in [0.2, 0.25) is 10.0 Å². The Kier molecular flexibility index (Phi) is 6.30. The third-order valence-electron chi connectivity index (χ3n) is 2.18. The molecule has 98 valence electrons. The van der Waals surface area contributed by atoms with Crippen LogP contribution in [0, 0.1) is 11.3 Å². The Labute approximate surface area is 105 Å². The third kappa shape index (κ3) is 7.47. The van der Waals surface area contributed by atoms with Gasteiger partial charge < -0.3 is 0 Å². The molecule has 5 heteroatoms. The zero-order valence-corrected chi connectivity index (χ0v) is 12.5. The molecule has 0 saturated carbocycles. The van der Waals surface area contributed by atoms with Crippen LogP contribution < -0.4 is 4.72 Å². The average molecular weight is 270 g/mol. The predicted octanol–water partition coefficient (Wildman–Crippen LogP) is 2.61. The maximum atomic E-state index is 11.9. The van der Waals surface area contributed by atoms with Crippen LogP contribution in [0.1, 0.15) is 41.0 Å². The Hall–Kier alpha value is 0.200. The van der Waals surface area contributed by atoms with Crippen molar-refractivity contribution in [1.82, 2.24) is 4.72 Å². The molecule has 0 bridgehead atoms. The van der Waals surface area contributed by atoms with E-state index in [4.69, 9.17) is 11.6 Å². The number of hydrogen-bond donors (Lipinski definition) is 1. The number of sulfonamides is 1. The summed E-state index contributed by atoms with van der Waals surface area (Å²) in [4.78, 5) is 0. The lowest BCUT2D eigenvalue weighted by Crippen LogP contribution is -2.42. The van der Waals surface area contributed by atoms with Crippen LogP contribution in [0.4, 0.5) is 0 Å². The molecule has 1 N–H and O–H groups in total. The second-order valence-corrected chi connectivity index (χ2v) is 7.90. The Morgan fingerprint density at radius 2 is 1.75 bits per heavy atom. The minimum absolute atomic E-state index is 0.0650. The van der Waals surface area contributed by atoms with Gasteiger partial charge in [-0.2, -0.15) is 0 Å². The van der Waals surface area contributed by atoms with Gasteiger partial charge in [-0.05, 0) is 17.8 Å². The van der Waals surface area contributed by atoms with E-state index in [1.54, 1.807) is 0 Å². The van der Waals surface area contributed by atoms with Gasteiger partial charge in [0.05, 0.1) is 5.75 Å². The van der Waals surface area contributed by atoms with E-state index < -0.39 is 10.0 Å². The molecule has 0 aliphatic rings. The topological polar surface area (TPSA) is 46.2 Å². The van der Waals surface area contributed by atoms with Gasteiger partial charge in [0.1, 0.15) is 0 Å². The largest absolute Gasteiger partial charge is 0.212 e. The number of alkyl halides is 1. The maximum absolute atomic E-state index is 11.9. The molecular formula is C11H24ClNO2S. The summed E-state index contributed by atoms with van der Waals surface area (Å²) in [5.74, 6) is 0.875. The molecule has 0 fully saturated rings. The molecule has 16 heavy (non-hydrogen) atoms. The van der Waals surface area contributed by atoms with Crippen molar-refractivity contribution in [3.63, 3.8) is 0 Å². The quantitative estimate of drug-likeness (QED) is 0.754. The van der Waals surface area contributed by atoms with Gasteiger partial charge in [-0.15, -0.1) is 11.6 Å². The smallest absolute Gasteiger partial charge is 0.212 e. The molecule has 0 aliphatic carbocycles. The SMILES string of the molecule is CC(C)C(CCCl)NS(=O)(=O)CC(C)(C)C. The summed E-state index contributed by atoms with van der Waals surface area (Å²) in [6, 6.07) is -0.0650. The van der Waals surface area contributed by atoms with Crippen molar-refractivity contribution in [2.45, 2.75) is 47.1 Å². The zero-order valence-electron chi connectivity index (χ0n) is 10.9. The molecule has 1 unspecified atom stereocenters. The van der Waals surface area contributed by atoms with Crippen molar-refractivity contribution < 1.29 is 8.42 Å². The Balaban J connectivity index is 4.55. The molecule has 3 nitrogen and oxygen atoms in total. The first-order valence-corrected chi connectivity index (χ1v) is 7.82. The predicted molar refractivity (Wildman–Crippen MR) is 70.3 cm³/mol. The minimum atomic E-state index is -3.21. The average Bonchev–Trinajstić information content (AvgIpc) is 1.97. The fourth-order valence-electron chi connectivity index (χ4n) is 1.49. The molecule has 0 rings (SSSR count). The molecule has 0 aliphatic heterocycles. The van der Waals surface area contributed by atoms with Crippen LogP contribution in [0.2, 0.25) is 0 Å². The molecular weight excluding hydrogens is 246 g/mol. The van der Waals surface area contributed by atoms with Crippen LogP contribution in [-0.4, -0.2) is 26.1 Å². The van der Waals surface area contributed by atoms with Crippen LogP contribution in [0.25, 0.3) is 0 Å². The molecule has 0 spiro atoms. The van der Waals surface area contributed by atoms with Crippen molar-refractivity contribution >= 4 is 21.6 Å². The van der Waals surface area contributed by atoms with E-state index >= 15 is 0 Å². The van der Waals surface area contributed by atoms with Crippen molar-refractivity contribution in [2.24, 2.45) is 11.3 Å². The van der Waals surface area contributed by atoms with Gasteiger partial charge in [0.25, 0.3) is 0 Å². The van der Waals surface area contributed by atoms with Gasteiger partial charge in [-0.1, -0.05) is 34.6 Å². The van der Waals surface area contributed by atoms with Crippen LogP contribution in [0.3, 0.4) is 0 Å². The van der Waals surface area contributed by atoms with Gasteiger partial charge in [-0.25, -0.2) is 13.1 Å². The van der Waals surface area contributed by atoms with Crippen LogP contribution in [0.5, 0.6) is 0 Å². The number of halogens is 1. The second kappa shape index (κ2) is 6.22. The lowest BCUT2D eigenvalue weighted by Gasteiger charge is -2.24. The fraction of sp³-hybridized carbons (Fsp3) is 1.00. The third-order valence-corrected chi connectivity index (χ3v) is 4.30. The maximum Gasteiger partial charge on any atom is 0.212 e. The van der Waals surface area contributed by atoms with Crippen molar-refractivity contribution in [3.05, 3.63) is 0 Å². The van der Waals surface area contributed by atoms with Gasteiger partial charge in [-0.3, -0.25) is 0 Å². The van der Waals surface area contributed by atoms with E-state index in [1.165, 1.54) is 0 Å². The normalized spacial score (nSPS) is 15.4. The highest BCUT2D eigenvalue weighted by Crippen LogP contribution is 2.17. The second-order valence-electron chi connectivity index (χ2n) is 5.77. The molecule has 0 saturated heterocycles. The highest BCUT2D eigenvalue weighted by Gasteiger charge is 2.25. The zero-order chi connectivity index (χ0) is 13.0. The van der Waals surface area contributed by atoms with E-state index in [-0.39, 0.29) is 23.1 Å². The van der Waals surface area contributed by atoms with Crippen LogP contribution in [-0.2, 0) is 10.0 Å². The molecule has 0 aromatic rings. The van der Waals surface area contributed by atoms with Crippen LogP contribution in [0.15, 0.2) is 0 Å². The number of rotatable bonds is 6. The standard InChI is InChI=1S/C11H24ClNO2S/c1-9(2)10(6-7-12)13-16(14,15)8-11(3,4)5/h9-10,13H,6-8H2,1-5H3. The summed E-state index contributed by atoms with van der Waals surface area (Å²) >= 11 is 5.67. The minimum Gasteiger partial charge on any atom is -0.212 e. The van der Waals surface area contributed by atoms with Gasteiger partial charge in [0, 0.05) is 11.9 Å². The summed E-state index contributed by atoms with van der Waals surface area (Å²) < 4.78 is 26.5. The summed E-state index contributed by atoms with van der Waals surface area (Å²) in [6.45, 7) is 9.74. The molecule has 0 aromatic carbocycles. The van der Waals surface area contributed by atoms with Crippen molar-refractivity contribution in [1.29, 1.82) is 0 Å². The molecule has 0 radical (unpaired) electrons. The highest BCUT2D eigenvalue weighted by molar-refractivity contribution is 7.89. The first kappa shape index (κ1) is 16.2. The highest BCUT2D eigenvalue weighted by atomic mass is 35.5. The first-order valence-electron chi connectivity index (χ1n) is 5.63. The fourth-order valence-corrected chi connectivity index (χ4v) is 3.80. The van der Waals surface area contributed by atoms with E-state index in [1.807, 2.05) is 34.6 Å². The molecule has 0 heterocycles. The number of nitrogens with one attached hydrogen (secondary N) is 1. The molecule has 0 amide bonds. The van der Waals surface area contributed by atoms with Gasteiger partial charge >= 0.3 is 0 Å². The van der Waals surface area contributed by atoms with Crippen LogP contribution >= 0.6 is 11.6 Å². The van der Waals surface area contributed by atoms with Crippen molar-refractivity contribution in [3.8, 4) is 0 Å². The Morgan fingerprint density at radius 1 is 1.25 bits per heavy atom. The summed E-state index contributed by atoms with van der Waals surface area (Å²) in [6.07, 6.45) is 0.669. The Morgan fingerprint density at radius 3 is 2.06 bits per heavy atom. The van der Waals surface area contributed by atoms with E-state index in [9.17, 15) is 8.42 Å². The van der Waals surface area contributed by atoms with Crippen molar-refractivity contribution in [2.75, 3.05) is 11.6 Å². The summed E-state index contributed by atoms with van der Waals surface area (Å²) in [5.41, 5.74) is -0.228. The lowest BCUT2D eigenvalue weighted by molar-refractivity contribution is 0.421. The Bertz CT molecular complexity index is 294.